The second-order valence-electron chi connectivity index (χ2n) is 3.82. The highest BCUT2D eigenvalue weighted by atomic mass is 35.5. The molecule has 13 heavy (non-hydrogen) atoms. The Morgan fingerprint density at radius 1 is 1.31 bits per heavy atom. The van der Waals surface area contributed by atoms with Gasteiger partial charge in [-0.3, -0.25) is 4.90 Å². The maximum Gasteiger partial charge on any atom is 0.0443 e. The van der Waals surface area contributed by atoms with Crippen LogP contribution in [0.5, 0.6) is 0 Å². The van der Waals surface area contributed by atoms with E-state index in [1.54, 1.807) is 0 Å². The Labute approximate surface area is 86.2 Å². The Morgan fingerprint density at radius 3 is 2.77 bits per heavy atom. The Kier molecular flexibility index (Phi) is 4.78. The van der Waals surface area contributed by atoms with Gasteiger partial charge in [-0.05, 0) is 32.1 Å². The summed E-state index contributed by atoms with van der Waals surface area (Å²) in [6.07, 6.45) is 1.26. The molecule has 0 atom stereocenters. The van der Waals surface area contributed by atoms with Gasteiger partial charge in [-0.25, -0.2) is 0 Å². The Morgan fingerprint density at radius 2 is 2.08 bits per heavy atom. The lowest BCUT2D eigenvalue weighted by Gasteiger charge is -2.20. The highest BCUT2D eigenvalue weighted by Crippen LogP contribution is 2.04. The minimum atomic E-state index is 0.590. The van der Waals surface area contributed by atoms with Crippen LogP contribution >= 0.6 is 11.6 Å². The first-order valence-corrected chi connectivity index (χ1v) is 5.39. The quantitative estimate of drug-likeness (QED) is 0.505. The van der Waals surface area contributed by atoms with Crippen molar-refractivity contribution < 1.29 is 0 Å². The molecule has 0 N–H and O–H groups in total. The zero-order valence-corrected chi connectivity index (χ0v) is 9.19. The number of halogens is 1. The first-order valence-electron chi connectivity index (χ1n) is 4.86. The van der Waals surface area contributed by atoms with Crippen molar-refractivity contribution in [1.29, 1.82) is 0 Å². The van der Waals surface area contributed by atoms with E-state index >= 15 is 0 Å². The van der Waals surface area contributed by atoms with Crippen molar-refractivity contribution in [3.8, 4) is 0 Å². The third-order valence-electron chi connectivity index (χ3n) is 2.45. The van der Waals surface area contributed by atoms with Crippen molar-refractivity contribution in [2.45, 2.75) is 6.42 Å². The van der Waals surface area contributed by atoms with E-state index in [0.717, 1.165) is 25.2 Å². The molecule has 76 valence electrons. The fraction of sp³-hybridized carbons (Fsp3) is 0.800. The van der Waals surface area contributed by atoms with Gasteiger partial charge in [0.2, 0.25) is 0 Å². The van der Waals surface area contributed by atoms with Crippen LogP contribution in [0.25, 0.3) is 0 Å². The summed E-state index contributed by atoms with van der Waals surface area (Å²) in [6.45, 7) is 9.60. The van der Waals surface area contributed by atoms with Gasteiger partial charge >= 0.3 is 0 Å². The van der Waals surface area contributed by atoms with Crippen LogP contribution in [0, 0.1) is 0 Å². The van der Waals surface area contributed by atoms with Crippen LogP contribution in [-0.2, 0) is 0 Å². The highest BCUT2D eigenvalue weighted by Gasteiger charge is 2.11. The van der Waals surface area contributed by atoms with Crippen molar-refractivity contribution in [1.82, 2.24) is 9.80 Å². The van der Waals surface area contributed by atoms with E-state index in [4.69, 9.17) is 11.6 Å². The summed E-state index contributed by atoms with van der Waals surface area (Å²) in [5.74, 6) is 0.590. The summed E-state index contributed by atoms with van der Waals surface area (Å²) in [4.78, 5) is 4.82. The van der Waals surface area contributed by atoms with Gasteiger partial charge in [0.25, 0.3) is 0 Å². The number of hydrogen-bond donors (Lipinski definition) is 0. The van der Waals surface area contributed by atoms with Gasteiger partial charge in [0.05, 0.1) is 0 Å². The number of rotatable bonds is 3. The maximum atomic E-state index is 5.70. The van der Waals surface area contributed by atoms with Crippen LogP contribution in [0.3, 0.4) is 0 Å². The minimum Gasteiger partial charge on any atom is -0.305 e. The third kappa shape index (κ3) is 4.12. The van der Waals surface area contributed by atoms with E-state index in [-0.39, 0.29) is 0 Å². The van der Waals surface area contributed by atoms with E-state index < -0.39 is 0 Å². The lowest BCUT2D eigenvalue weighted by molar-refractivity contribution is 0.295. The molecule has 0 amide bonds. The van der Waals surface area contributed by atoms with Gasteiger partial charge in [-0.1, -0.05) is 6.58 Å². The van der Waals surface area contributed by atoms with Crippen molar-refractivity contribution >= 4 is 11.6 Å². The van der Waals surface area contributed by atoms with E-state index in [1.165, 1.54) is 19.5 Å². The van der Waals surface area contributed by atoms with Crippen molar-refractivity contribution in [3.63, 3.8) is 0 Å². The molecular formula is C10H19ClN2. The second kappa shape index (κ2) is 5.63. The lowest BCUT2D eigenvalue weighted by Crippen LogP contribution is -2.30. The largest absolute Gasteiger partial charge is 0.305 e. The molecule has 1 heterocycles. The summed E-state index contributed by atoms with van der Waals surface area (Å²) in [5, 5.41) is 0. The molecule has 0 aromatic rings. The maximum absolute atomic E-state index is 5.70. The smallest absolute Gasteiger partial charge is 0.0443 e. The van der Waals surface area contributed by atoms with Gasteiger partial charge in [-0.15, -0.1) is 11.6 Å². The molecule has 2 nitrogen and oxygen atoms in total. The zero-order valence-electron chi connectivity index (χ0n) is 8.43. The van der Waals surface area contributed by atoms with Crippen LogP contribution in [0.4, 0.5) is 0 Å². The normalized spacial score (nSPS) is 21.4. The average molecular weight is 203 g/mol. The molecule has 1 rings (SSSR count). The van der Waals surface area contributed by atoms with E-state index in [0.29, 0.717) is 5.88 Å². The van der Waals surface area contributed by atoms with Crippen molar-refractivity contribution in [3.05, 3.63) is 12.2 Å². The monoisotopic (exact) mass is 202 g/mol. The van der Waals surface area contributed by atoms with Gasteiger partial charge in [-0.2, -0.15) is 0 Å². The van der Waals surface area contributed by atoms with Crippen LogP contribution < -0.4 is 0 Å². The molecule has 1 aliphatic rings. The molecule has 3 heteroatoms. The lowest BCUT2D eigenvalue weighted by atomic mass is 10.3. The number of hydrogen-bond acceptors (Lipinski definition) is 2. The van der Waals surface area contributed by atoms with Crippen LogP contribution in [-0.4, -0.2) is 55.5 Å². The molecule has 0 radical (unpaired) electrons. The summed E-state index contributed by atoms with van der Waals surface area (Å²) in [7, 11) is 2.18. The second-order valence-corrected chi connectivity index (χ2v) is 4.08. The first-order chi connectivity index (χ1) is 6.22. The molecule has 0 spiro atoms. The summed E-state index contributed by atoms with van der Waals surface area (Å²) < 4.78 is 0. The summed E-state index contributed by atoms with van der Waals surface area (Å²) >= 11 is 5.70. The Bertz CT molecular complexity index is 170. The van der Waals surface area contributed by atoms with Crippen molar-refractivity contribution in [2.24, 2.45) is 0 Å². The SMILES string of the molecule is C=C(CCl)CN1CCCN(C)CC1. The molecule has 1 aliphatic heterocycles. The number of likely N-dealkylation sites (N-methyl/N-ethyl adjacent to an activating group) is 1. The summed E-state index contributed by atoms with van der Waals surface area (Å²) in [6, 6.07) is 0. The van der Waals surface area contributed by atoms with E-state index in [1.807, 2.05) is 0 Å². The molecule has 1 fully saturated rings. The van der Waals surface area contributed by atoms with Crippen molar-refractivity contribution in [2.75, 3.05) is 45.7 Å². The highest BCUT2D eigenvalue weighted by molar-refractivity contribution is 6.19. The molecule has 0 aromatic carbocycles. The number of alkyl halides is 1. The Hall–Kier alpha value is -0.0500. The average Bonchev–Trinajstić information content (AvgIpc) is 2.31. The molecule has 1 saturated heterocycles. The molecule has 0 saturated carbocycles. The molecule has 0 bridgehead atoms. The van der Waals surface area contributed by atoms with Gasteiger partial charge in [0.15, 0.2) is 0 Å². The zero-order chi connectivity index (χ0) is 9.68. The fourth-order valence-corrected chi connectivity index (χ4v) is 1.70. The summed E-state index contributed by atoms with van der Waals surface area (Å²) in [5.41, 5.74) is 1.13. The van der Waals surface area contributed by atoms with E-state index in [2.05, 4.69) is 23.4 Å². The Balaban J connectivity index is 2.29. The van der Waals surface area contributed by atoms with Crippen LogP contribution in [0.1, 0.15) is 6.42 Å². The van der Waals surface area contributed by atoms with E-state index in [9.17, 15) is 0 Å². The fourth-order valence-electron chi connectivity index (χ4n) is 1.62. The van der Waals surface area contributed by atoms with Gasteiger partial charge in [0.1, 0.15) is 0 Å². The van der Waals surface area contributed by atoms with Crippen LogP contribution in [0.2, 0.25) is 0 Å². The predicted molar refractivity (Wildman–Crippen MR) is 58.4 cm³/mol. The molecule has 0 aliphatic carbocycles. The first kappa shape index (κ1) is 11.0. The minimum absolute atomic E-state index is 0.590. The third-order valence-corrected chi connectivity index (χ3v) is 2.83. The standard InChI is InChI=1S/C10H19ClN2/c1-10(8-11)9-13-5-3-4-12(2)6-7-13/h1,3-9H2,2H3. The predicted octanol–water partition coefficient (Wildman–Crippen LogP) is 1.42. The van der Waals surface area contributed by atoms with Crippen LogP contribution in [0.15, 0.2) is 12.2 Å². The topological polar surface area (TPSA) is 6.48 Å². The molecular weight excluding hydrogens is 184 g/mol. The molecule has 0 unspecified atom stereocenters. The molecule has 0 aromatic heterocycles. The van der Waals surface area contributed by atoms with Gasteiger partial charge < -0.3 is 4.90 Å². The number of nitrogens with zero attached hydrogens (tertiary/aromatic N) is 2. The van der Waals surface area contributed by atoms with Gasteiger partial charge in [0, 0.05) is 25.5 Å².